The van der Waals surface area contributed by atoms with Gasteiger partial charge in [0.1, 0.15) is 0 Å². The first-order valence-electron chi connectivity index (χ1n) is 4.63. The number of aromatic nitrogens is 1. The second kappa shape index (κ2) is 3.91. The summed E-state index contributed by atoms with van der Waals surface area (Å²) in [6.45, 7) is 0.851. The lowest BCUT2D eigenvalue weighted by molar-refractivity contribution is 0.0772. The quantitative estimate of drug-likeness (QED) is 0.475. The van der Waals surface area contributed by atoms with E-state index in [1.54, 1.807) is 0 Å². The largest absolute Gasteiger partial charge is 0.376 e. The minimum Gasteiger partial charge on any atom is -0.376 e. The Labute approximate surface area is 77.4 Å². The summed E-state index contributed by atoms with van der Waals surface area (Å²) in [4.78, 5) is 3.14. The van der Waals surface area contributed by atoms with E-state index in [-0.39, 0.29) is 12.1 Å². The molecule has 2 atom stereocenters. The smallest absolute Gasteiger partial charge is 0.0871 e. The first kappa shape index (κ1) is 8.74. The summed E-state index contributed by atoms with van der Waals surface area (Å²) in [7, 11) is 0. The minimum atomic E-state index is 0.0949. The van der Waals surface area contributed by atoms with Gasteiger partial charge in [0.15, 0.2) is 0 Å². The molecule has 4 nitrogen and oxygen atoms in total. The number of hydrogen-bond donors (Lipinski definition) is 3. The Hall–Kier alpha value is -0.840. The molecule has 0 aromatic carbocycles. The maximum atomic E-state index is 5.57. The molecular formula is C9H15N3O. The van der Waals surface area contributed by atoms with Crippen molar-refractivity contribution in [2.75, 3.05) is 6.61 Å². The van der Waals surface area contributed by atoms with Crippen LogP contribution < -0.4 is 11.3 Å². The fourth-order valence-electron chi connectivity index (χ4n) is 1.80. The molecule has 0 aliphatic carbocycles. The standard InChI is InChI=1S/C9H15N3O/c10-12-9(7-3-1-5-11-7)8-4-2-6-13-8/h1,3,5,8-9,11-12H,2,4,6,10H2. The topological polar surface area (TPSA) is 63.1 Å². The molecule has 0 radical (unpaired) electrons. The van der Waals surface area contributed by atoms with Crippen LogP contribution in [0.4, 0.5) is 0 Å². The molecule has 13 heavy (non-hydrogen) atoms. The molecule has 4 heteroatoms. The first-order chi connectivity index (χ1) is 6.42. The van der Waals surface area contributed by atoms with E-state index >= 15 is 0 Å². The van der Waals surface area contributed by atoms with Crippen molar-refractivity contribution < 1.29 is 4.74 Å². The SMILES string of the molecule is NNC(c1ccc[nH]1)C1CCCO1. The number of H-pyrrole nitrogens is 1. The zero-order valence-electron chi connectivity index (χ0n) is 7.49. The molecule has 2 unspecified atom stereocenters. The second-order valence-corrected chi connectivity index (χ2v) is 3.32. The lowest BCUT2D eigenvalue weighted by atomic mass is 10.1. The van der Waals surface area contributed by atoms with Crippen molar-refractivity contribution in [2.24, 2.45) is 5.84 Å². The van der Waals surface area contributed by atoms with E-state index in [1.165, 1.54) is 0 Å². The van der Waals surface area contributed by atoms with Crippen LogP contribution in [0.15, 0.2) is 18.3 Å². The maximum absolute atomic E-state index is 5.57. The third-order valence-corrected chi connectivity index (χ3v) is 2.47. The van der Waals surface area contributed by atoms with Gasteiger partial charge in [0.25, 0.3) is 0 Å². The number of hydrazine groups is 1. The van der Waals surface area contributed by atoms with Crippen molar-refractivity contribution in [3.63, 3.8) is 0 Å². The molecule has 1 aromatic heterocycles. The van der Waals surface area contributed by atoms with E-state index in [4.69, 9.17) is 10.6 Å². The molecule has 0 saturated carbocycles. The third-order valence-electron chi connectivity index (χ3n) is 2.47. The molecule has 1 aromatic rings. The summed E-state index contributed by atoms with van der Waals surface area (Å²) in [6.07, 6.45) is 4.31. The molecule has 2 heterocycles. The third kappa shape index (κ3) is 1.75. The highest BCUT2D eigenvalue weighted by Gasteiger charge is 2.26. The summed E-state index contributed by atoms with van der Waals surface area (Å²) in [5.74, 6) is 5.49. The van der Waals surface area contributed by atoms with Crippen LogP contribution in [-0.2, 0) is 4.74 Å². The average Bonchev–Trinajstić information content (AvgIpc) is 2.76. The van der Waals surface area contributed by atoms with Gasteiger partial charge in [-0.15, -0.1) is 0 Å². The van der Waals surface area contributed by atoms with Gasteiger partial charge in [0.2, 0.25) is 0 Å². The molecule has 0 bridgehead atoms. The molecular weight excluding hydrogens is 166 g/mol. The Bertz CT molecular complexity index is 241. The van der Waals surface area contributed by atoms with Gasteiger partial charge in [-0.25, -0.2) is 5.43 Å². The summed E-state index contributed by atoms with van der Waals surface area (Å²) in [5.41, 5.74) is 3.88. The normalized spacial score (nSPS) is 24.8. The van der Waals surface area contributed by atoms with Gasteiger partial charge in [-0.1, -0.05) is 0 Å². The highest BCUT2D eigenvalue weighted by atomic mass is 16.5. The fraction of sp³-hybridized carbons (Fsp3) is 0.556. The zero-order valence-corrected chi connectivity index (χ0v) is 7.49. The van der Waals surface area contributed by atoms with E-state index in [1.807, 2.05) is 18.3 Å². The maximum Gasteiger partial charge on any atom is 0.0871 e. The van der Waals surface area contributed by atoms with Gasteiger partial charge >= 0.3 is 0 Å². The Morgan fingerprint density at radius 2 is 2.62 bits per heavy atom. The van der Waals surface area contributed by atoms with Gasteiger partial charge < -0.3 is 9.72 Å². The summed E-state index contributed by atoms with van der Waals surface area (Å²) >= 11 is 0. The predicted octanol–water partition coefficient (Wildman–Crippen LogP) is 0.698. The molecule has 72 valence electrons. The number of hydrogen-bond acceptors (Lipinski definition) is 3. The van der Waals surface area contributed by atoms with Gasteiger partial charge in [0, 0.05) is 18.5 Å². The van der Waals surface area contributed by atoms with Crippen molar-refractivity contribution >= 4 is 0 Å². The van der Waals surface area contributed by atoms with Crippen LogP contribution in [-0.4, -0.2) is 17.7 Å². The van der Waals surface area contributed by atoms with E-state index in [9.17, 15) is 0 Å². The predicted molar refractivity (Wildman–Crippen MR) is 49.8 cm³/mol. The number of nitrogens with one attached hydrogen (secondary N) is 2. The zero-order chi connectivity index (χ0) is 9.10. The number of ether oxygens (including phenoxy) is 1. The molecule has 4 N–H and O–H groups in total. The lowest BCUT2D eigenvalue weighted by Crippen LogP contribution is -2.36. The van der Waals surface area contributed by atoms with Gasteiger partial charge in [-0.3, -0.25) is 5.84 Å². The molecule has 1 aliphatic rings. The van der Waals surface area contributed by atoms with E-state index < -0.39 is 0 Å². The number of nitrogens with two attached hydrogens (primary N) is 1. The summed E-state index contributed by atoms with van der Waals surface area (Å²) in [6, 6.07) is 4.08. The molecule has 1 saturated heterocycles. The monoisotopic (exact) mass is 181 g/mol. The van der Waals surface area contributed by atoms with Crippen LogP contribution in [0.2, 0.25) is 0 Å². The fourth-order valence-corrected chi connectivity index (χ4v) is 1.80. The Morgan fingerprint density at radius 3 is 3.15 bits per heavy atom. The van der Waals surface area contributed by atoms with Gasteiger partial charge in [-0.2, -0.15) is 0 Å². The van der Waals surface area contributed by atoms with Crippen LogP contribution in [0, 0.1) is 0 Å². The molecule has 0 amide bonds. The van der Waals surface area contributed by atoms with Crippen molar-refractivity contribution in [3.8, 4) is 0 Å². The second-order valence-electron chi connectivity index (χ2n) is 3.32. The van der Waals surface area contributed by atoms with Crippen LogP contribution in [0.3, 0.4) is 0 Å². The van der Waals surface area contributed by atoms with Crippen LogP contribution >= 0.6 is 0 Å². The highest BCUT2D eigenvalue weighted by Crippen LogP contribution is 2.24. The first-order valence-corrected chi connectivity index (χ1v) is 4.63. The summed E-state index contributed by atoms with van der Waals surface area (Å²) < 4.78 is 5.57. The lowest BCUT2D eigenvalue weighted by Gasteiger charge is -2.20. The van der Waals surface area contributed by atoms with Crippen LogP contribution in [0.25, 0.3) is 0 Å². The Morgan fingerprint density at radius 1 is 1.69 bits per heavy atom. The molecule has 1 fully saturated rings. The number of rotatable bonds is 3. The van der Waals surface area contributed by atoms with Crippen molar-refractivity contribution in [3.05, 3.63) is 24.0 Å². The molecule has 2 rings (SSSR count). The highest BCUT2D eigenvalue weighted by molar-refractivity contribution is 5.11. The van der Waals surface area contributed by atoms with E-state index in [2.05, 4.69) is 10.4 Å². The summed E-state index contributed by atoms with van der Waals surface area (Å²) in [5, 5.41) is 0. The van der Waals surface area contributed by atoms with Crippen molar-refractivity contribution in [2.45, 2.75) is 25.0 Å². The van der Waals surface area contributed by atoms with Crippen LogP contribution in [0.1, 0.15) is 24.6 Å². The van der Waals surface area contributed by atoms with E-state index in [0.29, 0.717) is 0 Å². The van der Waals surface area contributed by atoms with Crippen molar-refractivity contribution in [1.29, 1.82) is 0 Å². The Kier molecular flexibility index (Phi) is 2.63. The van der Waals surface area contributed by atoms with Crippen molar-refractivity contribution in [1.82, 2.24) is 10.4 Å². The van der Waals surface area contributed by atoms with Gasteiger partial charge in [0.05, 0.1) is 12.1 Å². The Balaban J connectivity index is 2.08. The van der Waals surface area contributed by atoms with E-state index in [0.717, 1.165) is 25.1 Å². The molecule has 1 aliphatic heterocycles. The average molecular weight is 181 g/mol. The number of aromatic amines is 1. The minimum absolute atomic E-state index is 0.0949. The van der Waals surface area contributed by atoms with Crippen LogP contribution in [0.5, 0.6) is 0 Å². The molecule has 0 spiro atoms. The van der Waals surface area contributed by atoms with Gasteiger partial charge in [-0.05, 0) is 25.0 Å².